The molecule has 0 heterocycles. The summed E-state index contributed by atoms with van der Waals surface area (Å²) in [6.07, 6.45) is 6.50. The molecule has 62 valence electrons. The van der Waals surface area contributed by atoms with Crippen LogP contribution in [0.4, 0.5) is 0 Å². The summed E-state index contributed by atoms with van der Waals surface area (Å²) in [4.78, 5) is 0. The number of fused-ring (bicyclic) bond motifs is 2. The predicted octanol–water partition coefficient (Wildman–Crippen LogP) is 2.42. The minimum absolute atomic E-state index is 0.319. The van der Waals surface area contributed by atoms with Crippen molar-refractivity contribution < 1.29 is 5.21 Å². The maximum Gasteiger partial charge on any atom is 0.0601 e. The molecule has 0 unspecified atom stereocenters. The molecule has 0 aromatic carbocycles. The van der Waals surface area contributed by atoms with Gasteiger partial charge < -0.3 is 5.21 Å². The van der Waals surface area contributed by atoms with Gasteiger partial charge >= 0.3 is 0 Å². The van der Waals surface area contributed by atoms with E-state index in [1.165, 1.54) is 32.1 Å². The molecular weight excluding hydrogens is 138 g/mol. The second kappa shape index (κ2) is 2.23. The molecule has 11 heavy (non-hydrogen) atoms. The molecule has 0 spiro atoms. The molecule has 2 rings (SSSR count). The average Bonchev–Trinajstić information content (AvgIpc) is 2.62. The van der Waals surface area contributed by atoms with Crippen LogP contribution in [0.25, 0.3) is 0 Å². The van der Waals surface area contributed by atoms with E-state index in [-0.39, 0.29) is 0 Å². The normalized spacial score (nSPS) is 43.4. The summed E-state index contributed by atoms with van der Waals surface area (Å²) in [6.45, 7) is 1.97. The Balaban J connectivity index is 2.22. The van der Waals surface area contributed by atoms with Crippen LogP contribution in [-0.4, -0.2) is 10.9 Å². The summed E-state index contributed by atoms with van der Waals surface area (Å²) in [7, 11) is 0. The first-order valence-corrected chi connectivity index (χ1v) is 4.46. The van der Waals surface area contributed by atoms with Crippen LogP contribution in [0.3, 0.4) is 0 Å². The highest BCUT2D eigenvalue weighted by molar-refractivity contribution is 5.88. The van der Waals surface area contributed by atoms with Gasteiger partial charge in [0.1, 0.15) is 0 Å². The molecule has 0 aromatic rings. The Morgan fingerprint density at radius 1 is 1.45 bits per heavy atom. The van der Waals surface area contributed by atoms with Gasteiger partial charge in [-0.2, -0.15) is 0 Å². The molecule has 0 radical (unpaired) electrons. The fourth-order valence-corrected chi connectivity index (χ4v) is 2.81. The summed E-state index contributed by atoms with van der Waals surface area (Å²) >= 11 is 0. The molecule has 2 aliphatic rings. The highest BCUT2D eigenvalue weighted by Gasteiger charge is 2.46. The molecule has 0 aliphatic heterocycles. The summed E-state index contributed by atoms with van der Waals surface area (Å²) in [6, 6.07) is 0. The summed E-state index contributed by atoms with van der Waals surface area (Å²) < 4.78 is 0. The van der Waals surface area contributed by atoms with Crippen LogP contribution in [0.2, 0.25) is 0 Å². The molecule has 2 fully saturated rings. The Morgan fingerprint density at radius 2 is 2.09 bits per heavy atom. The van der Waals surface area contributed by atoms with Crippen molar-refractivity contribution in [3.8, 4) is 0 Å². The summed E-state index contributed by atoms with van der Waals surface area (Å²) in [5.74, 6) is 0.937. The first-order chi connectivity index (χ1) is 5.27. The van der Waals surface area contributed by atoms with Crippen LogP contribution in [0.1, 0.15) is 39.0 Å². The first-order valence-electron chi connectivity index (χ1n) is 4.46. The lowest BCUT2D eigenvalue weighted by atomic mass is 9.80. The van der Waals surface area contributed by atoms with Gasteiger partial charge in [0, 0.05) is 5.41 Å². The maximum absolute atomic E-state index is 8.70. The number of hydrogen-bond donors (Lipinski definition) is 1. The van der Waals surface area contributed by atoms with Gasteiger partial charge in [0.15, 0.2) is 0 Å². The molecular formula is C9H15NO. The van der Waals surface area contributed by atoms with Gasteiger partial charge in [-0.1, -0.05) is 5.16 Å². The third-order valence-corrected chi connectivity index (χ3v) is 3.66. The Hall–Kier alpha value is -0.530. The van der Waals surface area contributed by atoms with Gasteiger partial charge in [-0.15, -0.1) is 0 Å². The van der Waals surface area contributed by atoms with Crippen molar-refractivity contribution in [2.45, 2.75) is 39.0 Å². The third kappa shape index (κ3) is 0.883. The van der Waals surface area contributed by atoms with Crippen molar-refractivity contribution >= 4 is 5.71 Å². The molecule has 0 aromatic heterocycles. The average molecular weight is 153 g/mol. The van der Waals surface area contributed by atoms with E-state index >= 15 is 0 Å². The molecule has 1 N–H and O–H groups in total. The van der Waals surface area contributed by atoms with Gasteiger partial charge in [-0.25, -0.2) is 0 Å². The van der Waals surface area contributed by atoms with E-state index in [4.69, 9.17) is 5.21 Å². The van der Waals surface area contributed by atoms with Crippen molar-refractivity contribution in [3.63, 3.8) is 0 Å². The predicted molar refractivity (Wildman–Crippen MR) is 43.9 cm³/mol. The van der Waals surface area contributed by atoms with Crippen LogP contribution >= 0.6 is 0 Å². The van der Waals surface area contributed by atoms with E-state index in [1.807, 2.05) is 6.92 Å². The van der Waals surface area contributed by atoms with Gasteiger partial charge in [0.05, 0.1) is 5.71 Å². The Bertz CT molecular complexity index is 190. The van der Waals surface area contributed by atoms with Crippen molar-refractivity contribution in [2.75, 3.05) is 0 Å². The molecule has 0 atom stereocenters. The van der Waals surface area contributed by atoms with Crippen LogP contribution in [0, 0.1) is 11.3 Å². The molecule has 2 bridgehead atoms. The molecule has 2 nitrogen and oxygen atoms in total. The van der Waals surface area contributed by atoms with Crippen LogP contribution in [0.5, 0.6) is 0 Å². The molecule has 0 amide bonds. The zero-order valence-electron chi connectivity index (χ0n) is 7.01. The highest BCUT2D eigenvalue weighted by Crippen LogP contribution is 2.54. The molecule has 2 aliphatic carbocycles. The van der Waals surface area contributed by atoms with Crippen molar-refractivity contribution in [3.05, 3.63) is 0 Å². The van der Waals surface area contributed by atoms with E-state index in [0.717, 1.165) is 11.6 Å². The second-order valence-corrected chi connectivity index (χ2v) is 4.11. The minimum atomic E-state index is 0.319. The van der Waals surface area contributed by atoms with E-state index in [0.29, 0.717) is 5.41 Å². The van der Waals surface area contributed by atoms with Crippen LogP contribution in [-0.2, 0) is 0 Å². The lowest BCUT2D eigenvalue weighted by Crippen LogP contribution is -2.23. The Kier molecular flexibility index (Phi) is 1.44. The SMILES string of the molecule is C/C(=N\O)C12CCC(CC1)C2. The number of oxime groups is 1. The fourth-order valence-electron chi connectivity index (χ4n) is 2.81. The van der Waals surface area contributed by atoms with Crippen LogP contribution in [0.15, 0.2) is 5.16 Å². The first kappa shape index (κ1) is 7.14. The zero-order valence-corrected chi connectivity index (χ0v) is 7.01. The molecule has 2 heteroatoms. The molecule has 0 saturated heterocycles. The van der Waals surface area contributed by atoms with Gasteiger partial charge in [0.25, 0.3) is 0 Å². The minimum Gasteiger partial charge on any atom is -0.411 e. The van der Waals surface area contributed by atoms with Crippen LogP contribution < -0.4 is 0 Å². The van der Waals surface area contributed by atoms with Gasteiger partial charge in [-0.3, -0.25) is 0 Å². The lowest BCUT2D eigenvalue weighted by molar-refractivity contribution is 0.302. The number of hydrogen-bond acceptors (Lipinski definition) is 2. The topological polar surface area (TPSA) is 32.6 Å². The Labute approximate surface area is 67.3 Å². The quantitative estimate of drug-likeness (QED) is 0.350. The summed E-state index contributed by atoms with van der Waals surface area (Å²) in [5.41, 5.74) is 1.29. The fraction of sp³-hybridized carbons (Fsp3) is 0.889. The van der Waals surface area contributed by atoms with Crippen molar-refractivity contribution in [2.24, 2.45) is 16.5 Å². The maximum atomic E-state index is 8.70. The monoisotopic (exact) mass is 153 g/mol. The van der Waals surface area contributed by atoms with E-state index < -0.39 is 0 Å². The number of nitrogens with zero attached hydrogens (tertiary/aromatic N) is 1. The van der Waals surface area contributed by atoms with Crippen molar-refractivity contribution in [1.82, 2.24) is 0 Å². The van der Waals surface area contributed by atoms with E-state index in [2.05, 4.69) is 5.16 Å². The zero-order chi connectivity index (χ0) is 7.90. The smallest absolute Gasteiger partial charge is 0.0601 e. The number of rotatable bonds is 1. The van der Waals surface area contributed by atoms with E-state index in [9.17, 15) is 0 Å². The Morgan fingerprint density at radius 3 is 2.45 bits per heavy atom. The summed E-state index contributed by atoms with van der Waals surface area (Å²) in [5, 5.41) is 12.1. The standard InChI is InChI=1S/C9H15NO/c1-7(10-11)9-4-2-8(6-9)3-5-9/h8,11H,2-6H2,1H3/b10-7+. The largest absolute Gasteiger partial charge is 0.411 e. The molecule has 2 saturated carbocycles. The van der Waals surface area contributed by atoms with Gasteiger partial charge in [0.2, 0.25) is 0 Å². The third-order valence-electron chi connectivity index (χ3n) is 3.66. The van der Waals surface area contributed by atoms with E-state index in [1.54, 1.807) is 0 Å². The highest BCUT2D eigenvalue weighted by atomic mass is 16.4. The lowest BCUT2D eigenvalue weighted by Gasteiger charge is -2.24. The second-order valence-electron chi connectivity index (χ2n) is 4.11. The van der Waals surface area contributed by atoms with Gasteiger partial charge in [-0.05, 0) is 44.9 Å². The van der Waals surface area contributed by atoms with Crippen molar-refractivity contribution in [1.29, 1.82) is 0 Å².